The Bertz CT molecular complexity index is 301. The summed E-state index contributed by atoms with van der Waals surface area (Å²) < 4.78 is 0. The van der Waals surface area contributed by atoms with Gasteiger partial charge in [0.2, 0.25) is 5.91 Å². The van der Waals surface area contributed by atoms with E-state index in [-0.39, 0.29) is 12.3 Å². The number of carbonyl (C=O) groups is 2. The van der Waals surface area contributed by atoms with Crippen LogP contribution in [0.15, 0.2) is 0 Å². The largest absolute Gasteiger partial charge is 0.481 e. The number of carbonyl (C=O) groups excluding carboxylic acids is 1. The van der Waals surface area contributed by atoms with E-state index in [0.717, 1.165) is 31.4 Å². The molecule has 0 atom stereocenters. The van der Waals surface area contributed by atoms with Gasteiger partial charge in [-0.25, -0.2) is 0 Å². The van der Waals surface area contributed by atoms with E-state index in [9.17, 15) is 14.7 Å². The highest BCUT2D eigenvalue weighted by Crippen LogP contribution is 2.41. The zero-order chi connectivity index (χ0) is 14.1. The minimum atomic E-state index is -0.805. The molecule has 0 aromatic carbocycles. The maximum atomic E-state index is 11.8. The Morgan fingerprint density at radius 3 is 2.47 bits per heavy atom. The van der Waals surface area contributed by atoms with Crippen molar-refractivity contribution in [2.45, 2.75) is 51.4 Å². The van der Waals surface area contributed by atoms with Gasteiger partial charge in [-0.2, -0.15) is 11.8 Å². The van der Waals surface area contributed by atoms with Gasteiger partial charge in [-0.3, -0.25) is 9.59 Å². The van der Waals surface area contributed by atoms with Crippen LogP contribution in [-0.4, -0.2) is 35.5 Å². The quantitative estimate of drug-likeness (QED) is 0.640. The molecule has 1 aliphatic carbocycles. The predicted molar refractivity (Wildman–Crippen MR) is 78.4 cm³/mol. The van der Waals surface area contributed by atoms with Crippen LogP contribution in [0.4, 0.5) is 0 Å². The van der Waals surface area contributed by atoms with Gasteiger partial charge in [0.15, 0.2) is 0 Å². The van der Waals surface area contributed by atoms with E-state index in [2.05, 4.69) is 11.6 Å². The van der Waals surface area contributed by atoms with Crippen LogP contribution in [0.2, 0.25) is 0 Å². The average molecular weight is 287 g/mol. The van der Waals surface area contributed by atoms with Gasteiger partial charge < -0.3 is 10.4 Å². The molecule has 110 valence electrons. The molecule has 5 heteroatoms. The summed E-state index contributed by atoms with van der Waals surface area (Å²) in [4.78, 5) is 23.1. The van der Waals surface area contributed by atoms with Crippen molar-refractivity contribution in [2.24, 2.45) is 5.41 Å². The lowest BCUT2D eigenvalue weighted by Crippen LogP contribution is -2.36. The summed E-state index contributed by atoms with van der Waals surface area (Å²) in [6, 6.07) is 0. The maximum absolute atomic E-state index is 11.8. The Kier molecular flexibility index (Phi) is 7.28. The molecule has 1 aliphatic rings. The Morgan fingerprint density at radius 2 is 1.89 bits per heavy atom. The first-order valence-corrected chi connectivity index (χ1v) is 8.49. The molecule has 1 rings (SSSR count). The second-order valence-corrected chi connectivity index (χ2v) is 6.36. The molecule has 0 aromatic rings. The molecule has 0 aromatic heterocycles. The highest BCUT2D eigenvalue weighted by molar-refractivity contribution is 7.98. The Morgan fingerprint density at radius 1 is 1.21 bits per heavy atom. The molecule has 0 radical (unpaired) electrons. The third-order valence-electron chi connectivity index (χ3n) is 3.86. The van der Waals surface area contributed by atoms with Crippen molar-refractivity contribution in [3.05, 3.63) is 0 Å². The van der Waals surface area contributed by atoms with Crippen LogP contribution in [0.25, 0.3) is 0 Å². The summed E-state index contributed by atoms with van der Waals surface area (Å²) in [6.07, 6.45) is 8.64. The second kappa shape index (κ2) is 8.46. The van der Waals surface area contributed by atoms with Gasteiger partial charge in [0, 0.05) is 13.0 Å². The summed E-state index contributed by atoms with van der Waals surface area (Å²) in [7, 11) is 0. The Balaban J connectivity index is 2.21. The third kappa shape index (κ3) is 5.43. The lowest BCUT2D eigenvalue weighted by Gasteiger charge is -2.22. The first-order valence-electron chi connectivity index (χ1n) is 7.10. The van der Waals surface area contributed by atoms with E-state index in [1.54, 1.807) is 0 Å². The van der Waals surface area contributed by atoms with Crippen molar-refractivity contribution in [1.29, 1.82) is 0 Å². The highest BCUT2D eigenvalue weighted by Gasteiger charge is 2.42. The molecule has 0 heterocycles. The zero-order valence-electron chi connectivity index (χ0n) is 11.7. The standard InChI is InChI=1S/C14H25NO3S/c1-19-10-6-2-5-9-15-12(16)11-14(13(17)18)7-3-4-8-14/h2-11H2,1H3,(H,15,16)(H,17,18). The number of amides is 1. The smallest absolute Gasteiger partial charge is 0.310 e. The first kappa shape index (κ1) is 16.3. The minimum Gasteiger partial charge on any atom is -0.481 e. The van der Waals surface area contributed by atoms with Crippen LogP contribution in [0.3, 0.4) is 0 Å². The van der Waals surface area contributed by atoms with Crippen LogP contribution < -0.4 is 5.32 Å². The summed E-state index contributed by atoms with van der Waals surface area (Å²) >= 11 is 1.84. The van der Waals surface area contributed by atoms with Crippen LogP contribution in [0.5, 0.6) is 0 Å². The summed E-state index contributed by atoms with van der Waals surface area (Å²) in [5.41, 5.74) is -0.789. The molecule has 0 spiro atoms. The molecule has 0 bridgehead atoms. The van der Waals surface area contributed by atoms with E-state index >= 15 is 0 Å². The molecule has 1 amide bonds. The van der Waals surface area contributed by atoms with Gasteiger partial charge in [-0.15, -0.1) is 0 Å². The second-order valence-electron chi connectivity index (χ2n) is 5.37. The van der Waals surface area contributed by atoms with Crippen LogP contribution in [-0.2, 0) is 9.59 Å². The van der Waals surface area contributed by atoms with Gasteiger partial charge in [-0.05, 0) is 37.7 Å². The van der Waals surface area contributed by atoms with Crippen LogP contribution >= 0.6 is 11.8 Å². The minimum absolute atomic E-state index is 0.103. The lowest BCUT2D eigenvalue weighted by atomic mass is 9.82. The molecule has 1 saturated carbocycles. The van der Waals surface area contributed by atoms with E-state index in [4.69, 9.17) is 0 Å². The van der Waals surface area contributed by atoms with Crippen molar-refractivity contribution in [1.82, 2.24) is 5.32 Å². The van der Waals surface area contributed by atoms with Gasteiger partial charge in [0.1, 0.15) is 0 Å². The molecule has 19 heavy (non-hydrogen) atoms. The van der Waals surface area contributed by atoms with Crippen molar-refractivity contribution < 1.29 is 14.7 Å². The monoisotopic (exact) mass is 287 g/mol. The van der Waals surface area contributed by atoms with Crippen molar-refractivity contribution in [2.75, 3.05) is 18.6 Å². The van der Waals surface area contributed by atoms with E-state index in [1.165, 1.54) is 6.42 Å². The predicted octanol–water partition coefficient (Wildman–Crippen LogP) is 2.67. The first-order chi connectivity index (χ1) is 9.10. The molecule has 0 aliphatic heterocycles. The zero-order valence-corrected chi connectivity index (χ0v) is 12.6. The van der Waals surface area contributed by atoms with Gasteiger partial charge in [0.25, 0.3) is 0 Å². The van der Waals surface area contributed by atoms with E-state index in [1.807, 2.05) is 11.8 Å². The molecular formula is C14H25NO3S. The van der Waals surface area contributed by atoms with Crippen molar-refractivity contribution in [3.8, 4) is 0 Å². The number of unbranched alkanes of at least 4 members (excludes halogenated alkanes) is 2. The topological polar surface area (TPSA) is 66.4 Å². The summed E-state index contributed by atoms with van der Waals surface area (Å²) in [5, 5.41) is 12.2. The number of aliphatic carboxylic acids is 1. The SMILES string of the molecule is CSCCCCCNC(=O)CC1(C(=O)O)CCCC1. The van der Waals surface area contributed by atoms with Crippen molar-refractivity contribution >= 4 is 23.6 Å². The number of hydrogen-bond donors (Lipinski definition) is 2. The maximum Gasteiger partial charge on any atom is 0.310 e. The third-order valence-corrected chi connectivity index (χ3v) is 4.56. The van der Waals surface area contributed by atoms with Gasteiger partial charge in [0.05, 0.1) is 5.41 Å². The number of carboxylic acids is 1. The molecule has 4 nitrogen and oxygen atoms in total. The molecule has 1 fully saturated rings. The fourth-order valence-electron chi connectivity index (χ4n) is 2.66. The normalized spacial score (nSPS) is 17.3. The van der Waals surface area contributed by atoms with E-state index < -0.39 is 11.4 Å². The number of nitrogens with one attached hydrogen (secondary N) is 1. The van der Waals surface area contributed by atoms with E-state index in [0.29, 0.717) is 19.4 Å². The van der Waals surface area contributed by atoms with Crippen LogP contribution in [0.1, 0.15) is 51.4 Å². The summed E-state index contributed by atoms with van der Waals surface area (Å²) in [6.45, 7) is 0.670. The fraction of sp³-hybridized carbons (Fsp3) is 0.857. The Labute approximate surface area is 119 Å². The highest BCUT2D eigenvalue weighted by atomic mass is 32.2. The average Bonchev–Trinajstić information content (AvgIpc) is 2.83. The number of carboxylic acid groups (broad SMARTS) is 1. The molecule has 0 unspecified atom stereocenters. The number of rotatable bonds is 9. The van der Waals surface area contributed by atoms with Crippen LogP contribution in [0, 0.1) is 5.41 Å². The number of thioether (sulfide) groups is 1. The van der Waals surface area contributed by atoms with Crippen molar-refractivity contribution in [3.63, 3.8) is 0 Å². The lowest BCUT2D eigenvalue weighted by molar-refractivity contribution is -0.151. The van der Waals surface area contributed by atoms with Gasteiger partial charge >= 0.3 is 5.97 Å². The molecule has 2 N–H and O–H groups in total. The Hall–Kier alpha value is -0.710. The summed E-state index contributed by atoms with van der Waals surface area (Å²) in [5.74, 6) is 0.255. The fourth-order valence-corrected chi connectivity index (χ4v) is 3.16. The molecule has 0 saturated heterocycles. The van der Waals surface area contributed by atoms with Gasteiger partial charge in [-0.1, -0.05) is 19.3 Å². The molecular weight excluding hydrogens is 262 g/mol. The number of hydrogen-bond acceptors (Lipinski definition) is 3.